The van der Waals surface area contributed by atoms with Crippen molar-refractivity contribution in [1.29, 1.82) is 0 Å². The molecule has 1 aromatic heterocycles. The minimum Gasteiger partial charge on any atom is -0.356 e. The quantitative estimate of drug-likeness (QED) is 0.435. The van der Waals surface area contributed by atoms with E-state index in [0.717, 1.165) is 25.5 Å². The maximum absolute atomic E-state index is 4.38. The first kappa shape index (κ1) is 19.9. The van der Waals surface area contributed by atoms with Gasteiger partial charge in [-0.3, -0.25) is 4.99 Å². The van der Waals surface area contributed by atoms with Gasteiger partial charge in [-0.2, -0.15) is 0 Å². The molecule has 2 rings (SSSR count). The highest BCUT2D eigenvalue weighted by molar-refractivity contribution is 14.0. The summed E-state index contributed by atoms with van der Waals surface area (Å²) in [4.78, 5) is 12.1. The van der Waals surface area contributed by atoms with Crippen LogP contribution in [0.2, 0.25) is 0 Å². The average Bonchev–Trinajstić information content (AvgIpc) is 2.91. The second-order valence-corrected chi connectivity index (χ2v) is 6.75. The number of guanidine groups is 1. The normalized spacial score (nSPS) is 11.0. The van der Waals surface area contributed by atoms with Crippen molar-refractivity contribution in [3.8, 4) is 0 Å². The van der Waals surface area contributed by atoms with Gasteiger partial charge >= 0.3 is 0 Å². The Morgan fingerprint density at radius 3 is 2.52 bits per heavy atom. The number of nitrogens with zero attached hydrogens (tertiary/aromatic N) is 3. The Hall–Kier alpha value is -1.15. The maximum atomic E-state index is 4.38. The summed E-state index contributed by atoms with van der Waals surface area (Å²) in [6.45, 7) is 5.88. The van der Waals surface area contributed by atoms with Crippen molar-refractivity contribution in [2.45, 2.75) is 26.8 Å². The van der Waals surface area contributed by atoms with Crippen LogP contribution < -0.4 is 5.32 Å². The van der Waals surface area contributed by atoms with Crippen LogP contribution >= 0.6 is 35.3 Å². The van der Waals surface area contributed by atoms with Crippen molar-refractivity contribution in [2.75, 3.05) is 20.6 Å². The van der Waals surface area contributed by atoms with Crippen LogP contribution in [0.4, 0.5) is 0 Å². The molecule has 0 saturated heterocycles. The molecule has 2 aromatic rings. The second kappa shape index (κ2) is 9.87. The molecule has 0 saturated carbocycles. The SMILES string of the molecule is CN=C(NCCc1ncc(C)s1)N(C)Cc1ccc(C)cc1.I. The molecule has 0 aliphatic carbocycles. The van der Waals surface area contributed by atoms with Crippen LogP contribution in [0, 0.1) is 13.8 Å². The molecule has 1 aromatic carbocycles. The number of aromatic nitrogens is 1. The van der Waals surface area contributed by atoms with Gasteiger partial charge in [-0.15, -0.1) is 35.3 Å². The lowest BCUT2D eigenvalue weighted by molar-refractivity contribution is 0.477. The smallest absolute Gasteiger partial charge is 0.193 e. The van der Waals surface area contributed by atoms with E-state index in [4.69, 9.17) is 0 Å². The summed E-state index contributed by atoms with van der Waals surface area (Å²) in [7, 11) is 3.88. The van der Waals surface area contributed by atoms with Gasteiger partial charge in [-0.25, -0.2) is 4.98 Å². The summed E-state index contributed by atoms with van der Waals surface area (Å²) in [6, 6.07) is 8.61. The van der Waals surface area contributed by atoms with Crippen molar-refractivity contribution in [1.82, 2.24) is 15.2 Å². The predicted molar refractivity (Wildman–Crippen MR) is 110 cm³/mol. The lowest BCUT2D eigenvalue weighted by atomic mass is 10.1. The summed E-state index contributed by atoms with van der Waals surface area (Å²) in [5.74, 6) is 0.911. The minimum atomic E-state index is 0. The van der Waals surface area contributed by atoms with E-state index in [2.05, 4.69) is 65.4 Å². The maximum Gasteiger partial charge on any atom is 0.193 e. The summed E-state index contributed by atoms with van der Waals surface area (Å²) in [5.41, 5.74) is 2.57. The van der Waals surface area contributed by atoms with Gasteiger partial charge in [0.05, 0.1) is 5.01 Å². The molecule has 6 heteroatoms. The molecule has 4 nitrogen and oxygen atoms in total. The Morgan fingerprint density at radius 2 is 1.96 bits per heavy atom. The molecule has 0 radical (unpaired) electrons. The van der Waals surface area contributed by atoms with E-state index in [9.17, 15) is 0 Å². The predicted octanol–water partition coefficient (Wildman–Crippen LogP) is 3.63. The molecule has 0 unspecified atom stereocenters. The zero-order chi connectivity index (χ0) is 15.9. The summed E-state index contributed by atoms with van der Waals surface area (Å²) in [6.07, 6.45) is 2.86. The molecular formula is C17H25IN4S. The van der Waals surface area contributed by atoms with E-state index in [-0.39, 0.29) is 24.0 Å². The number of nitrogens with one attached hydrogen (secondary N) is 1. The highest BCUT2D eigenvalue weighted by Crippen LogP contribution is 2.11. The summed E-state index contributed by atoms with van der Waals surface area (Å²) < 4.78 is 0. The fourth-order valence-corrected chi connectivity index (χ4v) is 3.01. The largest absolute Gasteiger partial charge is 0.356 e. The molecule has 0 aliphatic rings. The second-order valence-electron chi connectivity index (χ2n) is 5.43. The Bertz CT molecular complexity index is 622. The van der Waals surface area contributed by atoms with Crippen LogP contribution in [0.25, 0.3) is 0 Å². The van der Waals surface area contributed by atoms with Gasteiger partial charge in [0.2, 0.25) is 0 Å². The molecule has 23 heavy (non-hydrogen) atoms. The Balaban J connectivity index is 0.00000264. The highest BCUT2D eigenvalue weighted by atomic mass is 127. The van der Waals surface area contributed by atoms with E-state index in [0.29, 0.717) is 0 Å². The molecule has 0 bridgehead atoms. The number of benzene rings is 1. The first-order valence-electron chi connectivity index (χ1n) is 7.47. The molecule has 0 aliphatic heterocycles. The topological polar surface area (TPSA) is 40.5 Å². The van der Waals surface area contributed by atoms with Crippen molar-refractivity contribution in [3.05, 3.63) is 51.5 Å². The van der Waals surface area contributed by atoms with E-state index in [1.165, 1.54) is 21.0 Å². The Labute approximate surface area is 160 Å². The Morgan fingerprint density at radius 1 is 1.26 bits per heavy atom. The third-order valence-electron chi connectivity index (χ3n) is 3.40. The van der Waals surface area contributed by atoms with Crippen molar-refractivity contribution < 1.29 is 0 Å². The van der Waals surface area contributed by atoms with Crippen LogP contribution in [0.3, 0.4) is 0 Å². The molecule has 126 valence electrons. The standard InChI is InChI=1S/C17H24N4S.HI/c1-13-5-7-15(8-6-13)12-21(4)17(18-3)19-10-9-16-20-11-14(2)22-16;/h5-8,11H,9-10,12H2,1-4H3,(H,18,19);1H. The lowest BCUT2D eigenvalue weighted by Crippen LogP contribution is -2.39. The number of aliphatic imine (C=N–C) groups is 1. The molecule has 0 amide bonds. The van der Waals surface area contributed by atoms with E-state index >= 15 is 0 Å². The van der Waals surface area contributed by atoms with E-state index in [1.54, 1.807) is 11.3 Å². The molecule has 0 spiro atoms. The number of thiazole rings is 1. The molecular weight excluding hydrogens is 419 g/mol. The fourth-order valence-electron chi connectivity index (χ4n) is 2.23. The third-order valence-corrected chi connectivity index (χ3v) is 4.38. The first-order valence-corrected chi connectivity index (χ1v) is 8.29. The first-order chi connectivity index (χ1) is 10.6. The van der Waals surface area contributed by atoms with Gasteiger partial charge < -0.3 is 10.2 Å². The average molecular weight is 444 g/mol. The van der Waals surface area contributed by atoms with Crippen molar-refractivity contribution in [3.63, 3.8) is 0 Å². The summed E-state index contributed by atoms with van der Waals surface area (Å²) >= 11 is 1.75. The number of halogens is 1. The minimum absolute atomic E-state index is 0. The van der Waals surface area contributed by atoms with Gasteiger partial charge in [0, 0.05) is 44.7 Å². The number of hydrogen-bond acceptors (Lipinski definition) is 3. The summed E-state index contributed by atoms with van der Waals surface area (Å²) in [5, 5.41) is 4.57. The van der Waals surface area contributed by atoms with E-state index in [1.807, 2.05) is 13.2 Å². The van der Waals surface area contributed by atoms with Crippen molar-refractivity contribution >= 4 is 41.3 Å². The number of rotatable bonds is 5. The van der Waals surface area contributed by atoms with Crippen molar-refractivity contribution in [2.24, 2.45) is 4.99 Å². The lowest BCUT2D eigenvalue weighted by Gasteiger charge is -2.22. The zero-order valence-electron chi connectivity index (χ0n) is 14.2. The number of aryl methyl sites for hydroxylation is 2. The highest BCUT2D eigenvalue weighted by Gasteiger charge is 2.07. The molecule has 1 N–H and O–H groups in total. The van der Waals surface area contributed by atoms with Crippen LogP contribution in [0.15, 0.2) is 35.5 Å². The van der Waals surface area contributed by atoms with Crippen LogP contribution in [0.1, 0.15) is 21.0 Å². The van der Waals surface area contributed by atoms with Crippen LogP contribution in [-0.4, -0.2) is 36.5 Å². The van der Waals surface area contributed by atoms with Gasteiger partial charge in [0.25, 0.3) is 0 Å². The molecule has 0 atom stereocenters. The molecule has 1 heterocycles. The monoisotopic (exact) mass is 444 g/mol. The van der Waals surface area contributed by atoms with Gasteiger partial charge in [0.1, 0.15) is 0 Å². The zero-order valence-corrected chi connectivity index (χ0v) is 17.3. The molecule has 0 fully saturated rings. The third kappa shape index (κ3) is 6.47. The van der Waals surface area contributed by atoms with Crippen LogP contribution in [0.5, 0.6) is 0 Å². The Kier molecular flexibility index (Phi) is 8.54. The van der Waals surface area contributed by atoms with Gasteiger partial charge in [0.15, 0.2) is 5.96 Å². The van der Waals surface area contributed by atoms with Gasteiger partial charge in [-0.1, -0.05) is 29.8 Å². The fraction of sp³-hybridized carbons (Fsp3) is 0.412. The van der Waals surface area contributed by atoms with Gasteiger partial charge in [-0.05, 0) is 19.4 Å². The van der Waals surface area contributed by atoms with E-state index < -0.39 is 0 Å². The number of hydrogen-bond donors (Lipinski definition) is 1. The van der Waals surface area contributed by atoms with Crippen LogP contribution in [-0.2, 0) is 13.0 Å².